The number of benzene rings is 4. The Morgan fingerprint density at radius 3 is 1.60 bits per heavy atom. The summed E-state index contributed by atoms with van der Waals surface area (Å²) in [7, 11) is 0. The highest BCUT2D eigenvalue weighted by Gasteiger charge is 2.11. The van der Waals surface area contributed by atoms with E-state index < -0.39 is 0 Å². The van der Waals surface area contributed by atoms with Gasteiger partial charge in [-0.2, -0.15) is 0 Å². The third kappa shape index (κ3) is 8.31. The van der Waals surface area contributed by atoms with Crippen molar-refractivity contribution in [2.75, 3.05) is 0 Å². The van der Waals surface area contributed by atoms with Crippen molar-refractivity contribution in [1.29, 1.82) is 0 Å². The molecule has 0 spiro atoms. The average Bonchev–Trinajstić information content (AvgIpc) is 3.06. The van der Waals surface area contributed by atoms with Crippen molar-refractivity contribution in [3.63, 3.8) is 0 Å². The number of para-hydroxylation sites is 2. The largest absolute Gasteiger partial charge is 0.485 e. The molecule has 0 saturated heterocycles. The molecule has 0 bridgehead atoms. The van der Waals surface area contributed by atoms with Crippen molar-refractivity contribution in [2.24, 2.45) is 10.8 Å². The molecule has 0 radical (unpaired) electrons. The molecule has 4 aromatic carbocycles. The first-order valence-electron chi connectivity index (χ1n) is 13.7. The molecule has 0 unspecified atom stereocenters. The minimum Gasteiger partial charge on any atom is -0.485 e. The molecular formula is C34H29ClN4O6. The standard InChI is InChI=1S/C17H13N3O3.C17H15NO3.ClH/c18-20-19-10-13-9-15(21)14-7-4-8-16(17(14)23-13)22-11-12-5-2-1-3-6-12;18-10-13-9-15(19)14-7-4-8-16(17(14)21-13)20-11-12-5-2-1-3-6-12;/h1-9H,10-11H2;1-9H,10-11,18H2;1H. The number of hydrogen-bond donors (Lipinski definition) is 1. The van der Waals surface area contributed by atoms with Crippen molar-refractivity contribution in [3.05, 3.63) is 163 Å². The molecule has 0 fully saturated rings. The number of nitrogens with zero attached hydrogens (tertiary/aromatic N) is 3. The maximum absolute atomic E-state index is 12.1. The van der Waals surface area contributed by atoms with Gasteiger partial charge in [0.2, 0.25) is 0 Å². The van der Waals surface area contributed by atoms with Crippen LogP contribution in [0, 0.1) is 0 Å². The molecule has 45 heavy (non-hydrogen) atoms. The summed E-state index contributed by atoms with van der Waals surface area (Å²) < 4.78 is 22.9. The maximum Gasteiger partial charge on any atom is 0.193 e. The van der Waals surface area contributed by atoms with Crippen LogP contribution >= 0.6 is 12.4 Å². The Hall–Kier alpha value is -5.54. The number of fused-ring (bicyclic) bond motifs is 2. The SMILES string of the molecule is Cl.NCc1cc(=O)c2cccc(OCc3ccccc3)c2o1.[N-]=[N+]=NCc1cc(=O)c2cccc(OCc3ccccc3)c2o1. The summed E-state index contributed by atoms with van der Waals surface area (Å²) in [6.45, 7) is 0.938. The molecule has 6 aromatic rings. The minimum absolute atomic E-state index is 0. The van der Waals surface area contributed by atoms with E-state index in [4.69, 9.17) is 29.6 Å². The molecule has 2 N–H and O–H groups in total. The third-order valence-electron chi connectivity index (χ3n) is 6.50. The second-order valence-corrected chi connectivity index (χ2v) is 9.56. The van der Waals surface area contributed by atoms with Gasteiger partial charge in [-0.25, -0.2) is 0 Å². The van der Waals surface area contributed by atoms with Crippen molar-refractivity contribution in [3.8, 4) is 11.5 Å². The summed E-state index contributed by atoms with van der Waals surface area (Å²) in [6.07, 6.45) is 0. The summed E-state index contributed by atoms with van der Waals surface area (Å²) in [5.41, 5.74) is 16.5. The Morgan fingerprint density at radius 2 is 1.13 bits per heavy atom. The van der Waals surface area contributed by atoms with Crippen LogP contribution in [0.1, 0.15) is 22.6 Å². The fraction of sp³-hybridized carbons (Fsp3) is 0.118. The Morgan fingerprint density at radius 1 is 0.667 bits per heavy atom. The topological polar surface area (TPSA) is 154 Å². The monoisotopic (exact) mass is 624 g/mol. The molecular weight excluding hydrogens is 596 g/mol. The summed E-state index contributed by atoms with van der Waals surface area (Å²) in [5, 5.41) is 4.35. The van der Waals surface area contributed by atoms with Crippen molar-refractivity contribution >= 4 is 34.3 Å². The van der Waals surface area contributed by atoms with E-state index in [1.807, 2.05) is 60.7 Å². The van der Waals surface area contributed by atoms with Crippen LogP contribution in [0.4, 0.5) is 0 Å². The third-order valence-corrected chi connectivity index (χ3v) is 6.50. The van der Waals surface area contributed by atoms with E-state index in [0.29, 0.717) is 58.2 Å². The summed E-state index contributed by atoms with van der Waals surface area (Å²) in [6, 6.07) is 32.7. The van der Waals surface area contributed by atoms with E-state index in [1.54, 1.807) is 36.4 Å². The lowest BCUT2D eigenvalue weighted by molar-refractivity contribution is 0.304. The van der Waals surface area contributed by atoms with E-state index >= 15 is 0 Å². The highest BCUT2D eigenvalue weighted by molar-refractivity contribution is 5.85. The molecule has 6 rings (SSSR count). The second-order valence-electron chi connectivity index (χ2n) is 9.56. The highest BCUT2D eigenvalue weighted by Crippen LogP contribution is 2.26. The fourth-order valence-corrected chi connectivity index (χ4v) is 4.38. The van der Waals surface area contributed by atoms with E-state index in [1.165, 1.54) is 12.1 Å². The first-order chi connectivity index (χ1) is 21.6. The molecule has 0 atom stereocenters. The van der Waals surface area contributed by atoms with Gasteiger partial charge in [-0.3, -0.25) is 9.59 Å². The first kappa shape index (κ1) is 32.4. The first-order valence-corrected chi connectivity index (χ1v) is 13.7. The van der Waals surface area contributed by atoms with Crippen LogP contribution in [0.2, 0.25) is 0 Å². The van der Waals surface area contributed by atoms with E-state index in [-0.39, 0.29) is 36.4 Å². The van der Waals surface area contributed by atoms with Crippen molar-refractivity contribution in [1.82, 2.24) is 0 Å². The molecule has 0 amide bonds. The Kier molecular flexibility index (Phi) is 11.4. The highest BCUT2D eigenvalue weighted by atomic mass is 35.5. The number of ether oxygens (including phenoxy) is 2. The normalized spacial score (nSPS) is 10.2. The predicted octanol–water partition coefficient (Wildman–Crippen LogP) is 7.43. The minimum atomic E-state index is -0.195. The van der Waals surface area contributed by atoms with Gasteiger partial charge in [-0.1, -0.05) is 77.9 Å². The lowest BCUT2D eigenvalue weighted by atomic mass is 10.2. The van der Waals surface area contributed by atoms with Crippen LogP contribution in [0.3, 0.4) is 0 Å². The van der Waals surface area contributed by atoms with Crippen molar-refractivity contribution < 1.29 is 18.3 Å². The molecule has 0 saturated carbocycles. The van der Waals surface area contributed by atoms with Crippen LogP contribution in [-0.2, 0) is 26.3 Å². The van der Waals surface area contributed by atoms with Gasteiger partial charge in [0.25, 0.3) is 0 Å². The number of hydrogen-bond acceptors (Lipinski definition) is 8. The average molecular weight is 625 g/mol. The lowest BCUT2D eigenvalue weighted by Crippen LogP contribution is -2.06. The molecule has 0 aliphatic heterocycles. The molecule has 0 aliphatic carbocycles. The smallest absolute Gasteiger partial charge is 0.193 e. The van der Waals surface area contributed by atoms with Gasteiger partial charge in [0, 0.05) is 17.0 Å². The zero-order valence-corrected chi connectivity index (χ0v) is 24.8. The van der Waals surface area contributed by atoms with Crippen molar-refractivity contribution in [2.45, 2.75) is 26.3 Å². The Balaban J connectivity index is 0.000000201. The molecule has 0 aliphatic rings. The van der Waals surface area contributed by atoms with Gasteiger partial charge < -0.3 is 24.0 Å². The van der Waals surface area contributed by atoms with Crippen LogP contribution in [0.25, 0.3) is 32.4 Å². The maximum atomic E-state index is 12.1. The molecule has 11 heteroatoms. The van der Waals surface area contributed by atoms with Crippen LogP contribution in [-0.4, -0.2) is 0 Å². The molecule has 228 valence electrons. The Bertz CT molecular complexity index is 2040. The predicted molar refractivity (Wildman–Crippen MR) is 175 cm³/mol. The van der Waals surface area contributed by atoms with E-state index in [9.17, 15) is 9.59 Å². The van der Waals surface area contributed by atoms with Crippen LogP contribution < -0.4 is 26.1 Å². The quantitative estimate of drug-likeness (QED) is 0.0996. The zero-order valence-electron chi connectivity index (χ0n) is 24.0. The lowest BCUT2D eigenvalue weighted by Gasteiger charge is -2.09. The van der Waals surface area contributed by atoms with Gasteiger partial charge in [0.05, 0.1) is 23.9 Å². The fourth-order valence-electron chi connectivity index (χ4n) is 4.38. The van der Waals surface area contributed by atoms with E-state index in [2.05, 4.69) is 10.0 Å². The molecule has 2 aromatic heterocycles. The van der Waals surface area contributed by atoms with Crippen LogP contribution in [0.5, 0.6) is 11.5 Å². The van der Waals surface area contributed by atoms with Gasteiger partial charge >= 0.3 is 0 Å². The summed E-state index contributed by atoms with van der Waals surface area (Å²) in [5.74, 6) is 1.77. The molecule has 2 heterocycles. The summed E-state index contributed by atoms with van der Waals surface area (Å²) >= 11 is 0. The number of nitrogens with two attached hydrogens (primary N) is 1. The second kappa shape index (κ2) is 15.8. The number of halogens is 1. The zero-order chi connectivity index (χ0) is 30.7. The number of azide groups is 1. The van der Waals surface area contributed by atoms with Gasteiger partial charge in [0.1, 0.15) is 24.7 Å². The van der Waals surface area contributed by atoms with Gasteiger partial charge in [-0.15, -0.1) is 12.4 Å². The van der Waals surface area contributed by atoms with Gasteiger partial charge in [0.15, 0.2) is 33.5 Å². The number of rotatable bonds is 9. The Labute approximate surface area is 263 Å². The van der Waals surface area contributed by atoms with E-state index in [0.717, 1.165) is 11.1 Å². The van der Waals surface area contributed by atoms with Gasteiger partial charge in [-0.05, 0) is 40.9 Å². The molecule has 10 nitrogen and oxygen atoms in total. The van der Waals surface area contributed by atoms with Crippen LogP contribution in [0.15, 0.2) is 133 Å². The summed E-state index contributed by atoms with van der Waals surface area (Å²) in [4.78, 5) is 26.8.